The van der Waals surface area contributed by atoms with Crippen molar-refractivity contribution in [1.29, 1.82) is 0 Å². The molecule has 1 aliphatic rings. The van der Waals surface area contributed by atoms with Crippen molar-refractivity contribution in [2.75, 3.05) is 0 Å². The second-order valence-electron chi connectivity index (χ2n) is 3.55. The quantitative estimate of drug-likeness (QED) is 0.395. The third-order valence-corrected chi connectivity index (χ3v) is 1.64. The van der Waals surface area contributed by atoms with Gasteiger partial charge in [-0.05, 0) is 17.4 Å². The van der Waals surface area contributed by atoms with Crippen molar-refractivity contribution in [3.8, 4) is 0 Å². The van der Waals surface area contributed by atoms with E-state index in [4.69, 9.17) is 0 Å². The molecule has 1 aliphatic carbocycles. The molecule has 0 aromatic rings. The van der Waals surface area contributed by atoms with Gasteiger partial charge in [0.05, 0.1) is 0 Å². The normalized spacial score (nSPS) is 13.8. The molecule has 0 amide bonds. The maximum Gasteiger partial charge on any atom is 2.00 e. The van der Waals surface area contributed by atoms with Gasteiger partial charge < -0.3 is 24.8 Å². The smallest absolute Gasteiger partial charge is 1.00 e. The summed E-state index contributed by atoms with van der Waals surface area (Å²) in [5.74, 6) is 0. The molecule has 0 radical (unpaired) electrons. The van der Waals surface area contributed by atoms with E-state index in [1.54, 1.807) is 0 Å². The zero-order valence-electron chi connectivity index (χ0n) is 7.70. The minimum absolute atomic E-state index is 0. The van der Waals surface area contributed by atoms with Crippen molar-refractivity contribution in [3.63, 3.8) is 0 Å². The molecule has 0 spiro atoms. The monoisotopic (exact) mass is 240 g/mol. The maximum absolute atomic E-state index is 2.29. The summed E-state index contributed by atoms with van der Waals surface area (Å²) < 4.78 is 0. The van der Waals surface area contributed by atoms with Crippen LogP contribution in [-0.2, 0) is 21.7 Å². The molecule has 68 valence electrons. The van der Waals surface area contributed by atoms with E-state index < -0.39 is 0 Å². The van der Waals surface area contributed by atoms with Crippen molar-refractivity contribution in [2.45, 2.75) is 27.2 Å². The largest absolute Gasteiger partial charge is 2.00 e. The van der Waals surface area contributed by atoms with E-state index in [1.165, 1.54) is 5.57 Å². The summed E-state index contributed by atoms with van der Waals surface area (Å²) in [7, 11) is 0. The maximum atomic E-state index is 2.29. The van der Waals surface area contributed by atoms with Gasteiger partial charge in [-0.15, -0.1) is 0 Å². The molecular formula is C9H14Cl2Ti. The standard InChI is InChI=1S/C9H14.2ClH.Ti/c1-9(2,3)8-6-4-5-7-8;;;/h4,6-7H,5H2,1-3H3;2*1H;/q;;;+2/p-2. The Balaban J connectivity index is -0.000000270. The van der Waals surface area contributed by atoms with E-state index in [-0.39, 0.29) is 46.5 Å². The van der Waals surface area contributed by atoms with E-state index in [0.29, 0.717) is 5.41 Å². The number of hydrogen-bond donors (Lipinski definition) is 0. The van der Waals surface area contributed by atoms with Crippen molar-refractivity contribution in [1.82, 2.24) is 0 Å². The molecule has 0 bridgehead atoms. The zero-order valence-corrected chi connectivity index (χ0v) is 10.8. The van der Waals surface area contributed by atoms with Crippen LogP contribution in [0.3, 0.4) is 0 Å². The van der Waals surface area contributed by atoms with E-state index in [0.717, 1.165) is 6.42 Å². The number of hydrogen-bond acceptors (Lipinski definition) is 0. The molecule has 0 saturated heterocycles. The summed E-state index contributed by atoms with van der Waals surface area (Å²) in [6.07, 6.45) is 7.85. The number of allylic oxidation sites excluding steroid dienone is 4. The van der Waals surface area contributed by atoms with Gasteiger partial charge in [0.15, 0.2) is 0 Å². The van der Waals surface area contributed by atoms with Crippen LogP contribution in [0.1, 0.15) is 27.2 Å². The summed E-state index contributed by atoms with van der Waals surface area (Å²) in [4.78, 5) is 0. The first-order chi connectivity index (χ1) is 4.11. The van der Waals surface area contributed by atoms with Crippen molar-refractivity contribution in [3.05, 3.63) is 23.8 Å². The molecule has 0 fully saturated rings. The molecule has 0 unspecified atom stereocenters. The van der Waals surface area contributed by atoms with Gasteiger partial charge in [0, 0.05) is 0 Å². The molecule has 0 atom stereocenters. The predicted molar refractivity (Wildman–Crippen MR) is 41.3 cm³/mol. The van der Waals surface area contributed by atoms with Gasteiger partial charge in [-0.3, -0.25) is 0 Å². The minimum Gasteiger partial charge on any atom is -1.00 e. The van der Waals surface area contributed by atoms with Crippen LogP contribution in [0, 0.1) is 5.41 Å². The number of rotatable bonds is 0. The summed E-state index contributed by atoms with van der Waals surface area (Å²) in [5, 5.41) is 0. The van der Waals surface area contributed by atoms with E-state index >= 15 is 0 Å². The number of halogens is 2. The van der Waals surface area contributed by atoms with Gasteiger partial charge in [-0.1, -0.05) is 39.0 Å². The van der Waals surface area contributed by atoms with Gasteiger partial charge >= 0.3 is 21.7 Å². The van der Waals surface area contributed by atoms with Crippen LogP contribution in [0.15, 0.2) is 23.8 Å². The molecule has 3 heteroatoms. The molecule has 0 nitrogen and oxygen atoms in total. The SMILES string of the molecule is CC(C)(C)C1=CCC=C1.[Cl-].[Cl-].[Ti+2]. The van der Waals surface area contributed by atoms with Crippen molar-refractivity contribution < 1.29 is 46.5 Å². The Kier molecular flexibility index (Phi) is 11.1. The molecule has 0 aromatic carbocycles. The second kappa shape index (κ2) is 7.20. The van der Waals surface area contributed by atoms with E-state index in [2.05, 4.69) is 39.0 Å². The van der Waals surface area contributed by atoms with E-state index in [1.807, 2.05) is 0 Å². The second-order valence-corrected chi connectivity index (χ2v) is 3.55. The van der Waals surface area contributed by atoms with Crippen LogP contribution in [0.5, 0.6) is 0 Å². The fraction of sp³-hybridized carbons (Fsp3) is 0.556. The fourth-order valence-corrected chi connectivity index (χ4v) is 1.01. The molecule has 0 saturated carbocycles. The molecule has 0 aliphatic heterocycles. The predicted octanol–water partition coefficient (Wildman–Crippen LogP) is -3.08. The third-order valence-electron chi connectivity index (χ3n) is 1.64. The molecule has 12 heavy (non-hydrogen) atoms. The first-order valence-corrected chi connectivity index (χ1v) is 3.48. The van der Waals surface area contributed by atoms with Gasteiger partial charge in [0.25, 0.3) is 0 Å². The Morgan fingerprint density at radius 2 is 1.67 bits per heavy atom. The van der Waals surface area contributed by atoms with Crippen molar-refractivity contribution in [2.24, 2.45) is 5.41 Å². The average Bonchev–Trinajstić information content (AvgIpc) is 2.08. The van der Waals surface area contributed by atoms with Gasteiger partial charge in [0.2, 0.25) is 0 Å². The Morgan fingerprint density at radius 3 is 1.83 bits per heavy atom. The Hall–Kier alpha value is 0.774. The van der Waals surface area contributed by atoms with Crippen LogP contribution in [0.4, 0.5) is 0 Å². The van der Waals surface area contributed by atoms with Crippen LogP contribution in [0.2, 0.25) is 0 Å². The zero-order chi connectivity index (χ0) is 6.91. The van der Waals surface area contributed by atoms with Gasteiger partial charge in [-0.2, -0.15) is 0 Å². The average molecular weight is 241 g/mol. The third kappa shape index (κ3) is 5.43. The first kappa shape index (κ1) is 18.5. The van der Waals surface area contributed by atoms with Crippen LogP contribution in [0.25, 0.3) is 0 Å². The van der Waals surface area contributed by atoms with Crippen LogP contribution < -0.4 is 24.8 Å². The Morgan fingerprint density at radius 1 is 1.17 bits per heavy atom. The topological polar surface area (TPSA) is 0 Å². The van der Waals surface area contributed by atoms with Gasteiger partial charge in [0.1, 0.15) is 0 Å². The molecule has 1 rings (SSSR count). The Labute approximate surface area is 103 Å². The molecular weight excluding hydrogens is 227 g/mol. The molecule has 0 heterocycles. The summed E-state index contributed by atoms with van der Waals surface area (Å²) in [6.45, 7) is 6.73. The van der Waals surface area contributed by atoms with Gasteiger partial charge in [-0.25, -0.2) is 0 Å². The first-order valence-electron chi connectivity index (χ1n) is 3.48. The molecule has 0 N–H and O–H groups in total. The van der Waals surface area contributed by atoms with Crippen molar-refractivity contribution >= 4 is 0 Å². The summed E-state index contributed by atoms with van der Waals surface area (Å²) >= 11 is 0. The summed E-state index contributed by atoms with van der Waals surface area (Å²) in [5.41, 5.74) is 1.83. The minimum atomic E-state index is 0. The fourth-order valence-electron chi connectivity index (χ4n) is 1.01. The Bertz CT molecular complexity index is 166. The molecule has 0 aromatic heterocycles. The van der Waals surface area contributed by atoms with Crippen LogP contribution >= 0.6 is 0 Å². The van der Waals surface area contributed by atoms with E-state index in [9.17, 15) is 0 Å². The van der Waals surface area contributed by atoms with Crippen LogP contribution in [-0.4, -0.2) is 0 Å². The summed E-state index contributed by atoms with van der Waals surface area (Å²) in [6, 6.07) is 0.